The summed E-state index contributed by atoms with van der Waals surface area (Å²) in [4.78, 5) is 4.76. The number of para-hydroxylation sites is 2. The first-order chi connectivity index (χ1) is 14.3. The third-order valence-electron chi connectivity index (χ3n) is 7.11. The van der Waals surface area contributed by atoms with E-state index in [4.69, 9.17) is 0 Å². The molecule has 2 heterocycles. The lowest BCUT2D eigenvalue weighted by Gasteiger charge is -2.42. The Bertz CT molecular complexity index is 692. The summed E-state index contributed by atoms with van der Waals surface area (Å²) in [6, 6.07) is 18.7. The van der Waals surface area contributed by atoms with Gasteiger partial charge in [-0.25, -0.2) is 0 Å². The van der Waals surface area contributed by atoms with Crippen LogP contribution in [0.1, 0.15) is 100 Å². The van der Waals surface area contributed by atoms with E-state index in [2.05, 4.69) is 107 Å². The van der Waals surface area contributed by atoms with Crippen molar-refractivity contribution in [3.8, 4) is 0 Å². The number of benzene rings is 2. The van der Waals surface area contributed by atoms with Crippen molar-refractivity contribution >= 4 is 11.4 Å². The van der Waals surface area contributed by atoms with Gasteiger partial charge in [0.2, 0.25) is 0 Å². The van der Waals surface area contributed by atoms with Crippen molar-refractivity contribution in [2.45, 2.75) is 101 Å². The van der Waals surface area contributed by atoms with Crippen molar-refractivity contribution in [3.05, 3.63) is 59.7 Å². The predicted octanol–water partition coefficient (Wildman–Crippen LogP) is 9.22. The van der Waals surface area contributed by atoms with Gasteiger partial charge in [-0.05, 0) is 48.9 Å². The van der Waals surface area contributed by atoms with E-state index in [0.29, 0.717) is 23.9 Å². The number of likely N-dealkylation sites (N-methyl/N-ethyl adjacent to an activating group) is 1. The van der Waals surface area contributed by atoms with Gasteiger partial charge in [0.25, 0.3) is 0 Å². The van der Waals surface area contributed by atoms with Crippen LogP contribution in [0.15, 0.2) is 48.5 Å². The molecular weight excluding hydrogens is 388 g/mol. The molecule has 0 amide bonds. The third-order valence-corrected chi connectivity index (χ3v) is 7.11. The molecule has 0 saturated carbocycles. The van der Waals surface area contributed by atoms with E-state index in [1.807, 2.05) is 27.7 Å². The maximum atomic E-state index is 2.40. The Balaban J connectivity index is 0. The molecule has 2 aromatic carbocycles. The lowest BCUT2D eigenvalue weighted by molar-refractivity contribution is 0.384. The molecular formula is C30H54N2. The van der Waals surface area contributed by atoms with Crippen LogP contribution in [0, 0.1) is 5.92 Å². The van der Waals surface area contributed by atoms with Crippen LogP contribution in [0.2, 0.25) is 0 Å². The number of fused-ring (bicyclic) bond motifs is 2. The van der Waals surface area contributed by atoms with E-state index in [1.54, 1.807) is 0 Å². The highest BCUT2D eigenvalue weighted by Crippen LogP contribution is 2.40. The van der Waals surface area contributed by atoms with Gasteiger partial charge < -0.3 is 9.80 Å². The van der Waals surface area contributed by atoms with Crippen LogP contribution in [-0.4, -0.2) is 26.2 Å². The van der Waals surface area contributed by atoms with Crippen molar-refractivity contribution in [3.63, 3.8) is 0 Å². The number of nitrogens with zero attached hydrogens (tertiary/aromatic N) is 2. The van der Waals surface area contributed by atoms with Crippen molar-refractivity contribution in [2.24, 2.45) is 5.92 Å². The molecule has 0 spiro atoms. The maximum Gasteiger partial charge on any atom is 0.0402 e. The molecule has 0 saturated heterocycles. The zero-order chi connectivity index (χ0) is 23.0. The standard InChI is InChI=1S/C13H19N.C11H15N.2C2H6.2CH4/c1-9-10(2)12-7-5-6-8-13(12)14(4)11(9)3;1-8-9(2)12(3)11-7-5-4-6-10(8)11;2*1-2;;/h5-11H,1-4H3;4-9H,1-3H3;2*1-2H3;2*1H4. The molecule has 32 heavy (non-hydrogen) atoms. The molecule has 2 aliphatic heterocycles. The minimum Gasteiger partial charge on any atom is -0.371 e. The SMILES string of the molecule is C.C.CC.CC.CC1c2ccccc2N(C)C(C)C1C.CC1c2ccccc2N(C)C1C. The Labute approximate surface area is 202 Å². The molecule has 0 radical (unpaired) electrons. The summed E-state index contributed by atoms with van der Waals surface area (Å²) in [7, 11) is 4.37. The Morgan fingerprint density at radius 1 is 0.531 bits per heavy atom. The van der Waals surface area contributed by atoms with E-state index in [-0.39, 0.29) is 14.9 Å². The number of anilines is 2. The Hall–Kier alpha value is -1.96. The predicted molar refractivity (Wildman–Crippen MR) is 151 cm³/mol. The van der Waals surface area contributed by atoms with Gasteiger partial charge in [0.1, 0.15) is 0 Å². The summed E-state index contributed by atoms with van der Waals surface area (Å²) in [5.41, 5.74) is 5.80. The molecule has 2 aliphatic rings. The van der Waals surface area contributed by atoms with Crippen molar-refractivity contribution < 1.29 is 0 Å². The van der Waals surface area contributed by atoms with Crippen molar-refractivity contribution in [1.29, 1.82) is 0 Å². The fourth-order valence-electron chi connectivity index (χ4n) is 4.48. The fraction of sp³-hybridized carbons (Fsp3) is 0.600. The Morgan fingerprint density at radius 3 is 1.28 bits per heavy atom. The highest BCUT2D eigenvalue weighted by Gasteiger charge is 2.31. The second kappa shape index (κ2) is 15.0. The lowest BCUT2D eigenvalue weighted by atomic mass is 9.79. The van der Waals surface area contributed by atoms with Crippen LogP contribution >= 0.6 is 0 Å². The molecule has 0 aliphatic carbocycles. The number of rotatable bonds is 0. The summed E-state index contributed by atoms with van der Waals surface area (Å²) in [5.74, 6) is 2.08. The first kappa shape index (κ1) is 32.2. The van der Waals surface area contributed by atoms with Gasteiger partial charge in [0, 0.05) is 43.5 Å². The van der Waals surface area contributed by atoms with Crippen LogP contribution in [0.4, 0.5) is 11.4 Å². The van der Waals surface area contributed by atoms with E-state index in [1.165, 1.54) is 22.5 Å². The summed E-state index contributed by atoms with van der Waals surface area (Å²) in [5, 5.41) is 0. The minimum absolute atomic E-state index is 0. The van der Waals surface area contributed by atoms with E-state index in [0.717, 1.165) is 5.92 Å². The lowest BCUT2D eigenvalue weighted by Crippen LogP contribution is -2.41. The smallest absolute Gasteiger partial charge is 0.0402 e. The monoisotopic (exact) mass is 442 g/mol. The van der Waals surface area contributed by atoms with E-state index in [9.17, 15) is 0 Å². The van der Waals surface area contributed by atoms with Gasteiger partial charge in [0.05, 0.1) is 0 Å². The average Bonchev–Trinajstić information content (AvgIpc) is 3.03. The zero-order valence-corrected chi connectivity index (χ0v) is 21.4. The van der Waals surface area contributed by atoms with Gasteiger partial charge in [-0.1, -0.05) is 99.7 Å². The third kappa shape index (κ3) is 6.53. The summed E-state index contributed by atoms with van der Waals surface area (Å²) < 4.78 is 0. The van der Waals surface area contributed by atoms with Crippen LogP contribution in [0.3, 0.4) is 0 Å². The normalized spacial score (nSPS) is 24.4. The first-order valence-corrected chi connectivity index (χ1v) is 12.0. The molecule has 0 fully saturated rings. The largest absolute Gasteiger partial charge is 0.371 e. The van der Waals surface area contributed by atoms with Crippen LogP contribution < -0.4 is 9.80 Å². The first-order valence-electron chi connectivity index (χ1n) is 12.0. The average molecular weight is 443 g/mol. The van der Waals surface area contributed by atoms with Gasteiger partial charge >= 0.3 is 0 Å². The number of hydrogen-bond donors (Lipinski definition) is 0. The maximum absolute atomic E-state index is 2.40. The minimum atomic E-state index is 0. The van der Waals surface area contributed by atoms with Gasteiger partial charge in [-0.15, -0.1) is 0 Å². The molecule has 5 atom stereocenters. The molecule has 2 aromatic rings. The van der Waals surface area contributed by atoms with E-state index < -0.39 is 0 Å². The second-order valence-corrected chi connectivity index (χ2v) is 8.26. The van der Waals surface area contributed by atoms with E-state index >= 15 is 0 Å². The molecule has 5 unspecified atom stereocenters. The van der Waals surface area contributed by atoms with Crippen molar-refractivity contribution in [1.82, 2.24) is 0 Å². The number of hydrogen-bond acceptors (Lipinski definition) is 2. The topological polar surface area (TPSA) is 6.48 Å². The van der Waals surface area contributed by atoms with Gasteiger partial charge in [-0.2, -0.15) is 0 Å². The second-order valence-electron chi connectivity index (χ2n) is 8.26. The fourth-order valence-corrected chi connectivity index (χ4v) is 4.48. The quantitative estimate of drug-likeness (QED) is 0.401. The molecule has 2 nitrogen and oxygen atoms in total. The Kier molecular flexibility index (Phi) is 15.1. The van der Waals surface area contributed by atoms with Gasteiger partial charge in [0.15, 0.2) is 0 Å². The summed E-state index contributed by atoms with van der Waals surface area (Å²) >= 11 is 0. The zero-order valence-electron chi connectivity index (χ0n) is 21.4. The Morgan fingerprint density at radius 2 is 0.875 bits per heavy atom. The highest BCUT2D eigenvalue weighted by atomic mass is 15.2. The van der Waals surface area contributed by atoms with Crippen LogP contribution in [0.5, 0.6) is 0 Å². The summed E-state index contributed by atoms with van der Waals surface area (Å²) in [6.45, 7) is 19.6. The molecule has 0 aromatic heterocycles. The van der Waals surface area contributed by atoms with Crippen LogP contribution in [0.25, 0.3) is 0 Å². The summed E-state index contributed by atoms with van der Waals surface area (Å²) in [6.07, 6.45) is 0. The highest BCUT2D eigenvalue weighted by molar-refractivity contribution is 5.60. The molecule has 184 valence electrons. The molecule has 2 heteroatoms. The van der Waals surface area contributed by atoms with Crippen LogP contribution in [-0.2, 0) is 0 Å². The van der Waals surface area contributed by atoms with Crippen molar-refractivity contribution in [2.75, 3.05) is 23.9 Å². The van der Waals surface area contributed by atoms with Gasteiger partial charge in [-0.3, -0.25) is 0 Å². The molecule has 0 bridgehead atoms. The molecule has 0 N–H and O–H groups in total. The molecule has 4 rings (SSSR count).